The number of aryl methyl sites for hydroxylation is 1. The van der Waals surface area contributed by atoms with E-state index in [1.54, 1.807) is 12.1 Å². The quantitative estimate of drug-likeness (QED) is 0.724. The van der Waals surface area contributed by atoms with E-state index in [9.17, 15) is 13.2 Å². The zero-order valence-corrected chi connectivity index (χ0v) is 14.9. The molecule has 4 heteroatoms. The number of allylic oxidation sites excluding steroid dienone is 1. The number of nitrogens with one attached hydrogen (secondary N) is 1. The second-order valence-electron chi connectivity index (χ2n) is 6.30. The van der Waals surface area contributed by atoms with Crippen LogP contribution in [0.3, 0.4) is 0 Å². The molecule has 0 unspecified atom stereocenters. The molecule has 0 radical (unpaired) electrons. The van der Waals surface area contributed by atoms with Gasteiger partial charge in [-0.05, 0) is 53.9 Å². The maximum absolute atomic E-state index is 12.8. The van der Waals surface area contributed by atoms with Crippen molar-refractivity contribution in [2.24, 2.45) is 0 Å². The van der Waals surface area contributed by atoms with Gasteiger partial charge in [0.25, 0.3) is 0 Å². The van der Waals surface area contributed by atoms with Gasteiger partial charge >= 0.3 is 6.18 Å². The van der Waals surface area contributed by atoms with E-state index in [0.29, 0.717) is 18.5 Å². The third-order valence-electron chi connectivity index (χ3n) is 4.33. The van der Waals surface area contributed by atoms with Crippen molar-refractivity contribution in [3.63, 3.8) is 0 Å². The van der Waals surface area contributed by atoms with Crippen LogP contribution in [0.2, 0.25) is 0 Å². The molecule has 2 rings (SSSR count). The Morgan fingerprint density at radius 2 is 1.88 bits per heavy atom. The highest BCUT2D eigenvalue weighted by atomic mass is 19.4. The van der Waals surface area contributed by atoms with E-state index < -0.39 is 11.7 Å². The van der Waals surface area contributed by atoms with Crippen molar-refractivity contribution in [2.45, 2.75) is 32.0 Å². The van der Waals surface area contributed by atoms with Gasteiger partial charge in [0.1, 0.15) is 0 Å². The predicted octanol–water partition coefficient (Wildman–Crippen LogP) is 4.37. The smallest absolute Gasteiger partial charge is 0.310 e. The van der Waals surface area contributed by atoms with E-state index in [2.05, 4.69) is 31.5 Å². The molecule has 0 bridgehead atoms. The number of hydrogen-bond acceptors (Lipinski definition) is 1. The number of alkyl halides is 3. The first-order valence-electron chi connectivity index (χ1n) is 8.63. The Morgan fingerprint density at radius 1 is 1.15 bits per heavy atom. The van der Waals surface area contributed by atoms with E-state index in [-0.39, 0.29) is 6.04 Å². The molecule has 0 saturated carbocycles. The van der Waals surface area contributed by atoms with Crippen LogP contribution in [0.5, 0.6) is 0 Å². The Balaban J connectivity index is 1.95. The predicted molar refractivity (Wildman–Crippen MR) is 102 cm³/mol. The Hall–Kier alpha value is -2.33. The zero-order valence-electron chi connectivity index (χ0n) is 14.9. The maximum atomic E-state index is 12.8. The van der Waals surface area contributed by atoms with Crippen LogP contribution in [-0.2, 0) is 12.6 Å². The summed E-state index contributed by atoms with van der Waals surface area (Å²) in [6, 6.07) is 11.6. The zero-order chi connectivity index (χ0) is 19.2. The highest BCUT2D eigenvalue weighted by Crippen LogP contribution is 2.29. The van der Waals surface area contributed by atoms with Crippen molar-refractivity contribution >= 4 is 12.7 Å². The Labute approximate surface area is 152 Å². The topological polar surface area (TPSA) is 12.0 Å². The molecule has 0 aromatic heterocycles. The first-order chi connectivity index (χ1) is 12.3. The van der Waals surface area contributed by atoms with Gasteiger partial charge in [-0.1, -0.05) is 61.7 Å². The number of halogens is 3. The van der Waals surface area contributed by atoms with Crippen molar-refractivity contribution in [1.82, 2.24) is 5.32 Å². The minimum absolute atomic E-state index is 0.115. The van der Waals surface area contributed by atoms with E-state index in [1.165, 1.54) is 12.1 Å². The summed E-state index contributed by atoms with van der Waals surface area (Å²) in [7, 11) is 0. The van der Waals surface area contributed by atoms with Gasteiger partial charge in [0.05, 0.1) is 5.56 Å². The van der Waals surface area contributed by atoms with Crippen LogP contribution >= 0.6 is 0 Å². The fourth-order valence-electron chi connectivity index (χ4n) is 2.96. The molecule has 26 heavy (non-hydrogen) atoms. The van der Waals surface area contributed by atoms with Crippen LogP contribution in [0.1, 0.15) is 36.1 Å². The summed E-state index contributed by atoms with van der Waals surface area (Å²) in [6.45, 7) is 10.6. The molecule has 0 spiro atoms. The second kappa shape index (κ2) is 8.86. The van der Waals surface area contributed by atoms with Crippen molar-refractivity contribution < 1.29 is 13.2 Å². The summed E-state index contributed by atoms with van der Waals surface area (Å²) in [6.07, 6.45) is 0.757. The average Bonchev–Trinajstić information content (AvgIpc) is 2.60. The minimum atomic E-state index is -4.29. The third kappa shape index (κ3) is 5.33. The molecule has 0 aliphatic carbocycles. The number of benzene rings is 2. The van der Waals surface area contributed by atoms with E-state index >= 15 is 0 Å². The largest absolute Gasteiger partial charge is 0.416 e. The first kappa shape index (κ1) is 20.0. The third-order valence-corrected chi connectivity index (χ3v) is 4.33. The highest BCUT2D eigenvalue weighted by molar-refractivity contribution is 5.40. The van der Waals surface area contributed by atoms with E-state index in [0.717, 1.165) is 28.5 Å². The molecule has 1 N–H and O–H groups in total. The van der Waals surface area contributed by atoms with E-state index in [1.807, 2.05) is 18.2 Å². The Morgan fingerprint density at radius 3 is 2.58 bits per heavy atom. The molecule has 2 aromatic carbocycles. The van der Waals surface area contributed by atoms with Gasteiger partial charge in [-0.3, -0.25) is 0 Å². The normalized spacial score (nSPS) is 13.6. The van der Waals surface area contributed by atoms with Crippen LogP contribution in [-0.4, -0.2) is 6.54 Å². The molecule has 2 aromatic rings. The lowest BCUT2D eigenvalue weighted by molar-refractivity contribution is -0.137. The summed E-state index contributed by atoms with van der Waals surface area (Å²) < 4.78 is 38.3. The van der Waals surface area contributed by atoms with Crippen molar-refractivity contribution in [3.05, 3.63) is 82.2 Å². The maximum Gasteiger partial charge on any atom is 0.416 e. The van der Waals surface area contributed by atoms with Gasteiger partial charge in [-0.2, -0.15) is 13.2 Å². The van der Waals surface area contributed by atoms with Crippen LogP contribution in [0.25, 0.3) is 12.7 Å². The first-order valence-corrected chi connectivity index (χ1v) is 8.63. The molecule has 1 nitrogen and oxygen atoms in total. The lowest BCUT2D eigenvalue weighted by Gasteiger charge is -2.15. The average molecular weight is 359 g/mol. The molecular weight excluding hydrogens is 335 g/mol. The lowest BCUT2D eigenvalue weighted by atomic mass is 10.0. The summed E-state index contributed by atoms with van der Waals surface area (Å²) >= 11 is 0. The van der Waals surface area contributed by atoms with Gasteiger partial charge in [-0.25, -0.2) is 0 Å². The van der Waals surface area contributed by atoms with Crippen molar-refractivity contribution in [2.75, 3.05) is 6.54 Å². The van der Waals surface area contributed by atoms with Crippen LogP contribution < -0.4 is 15.8 Å². The van der Waals surface area contributed by atoms with Crippen LogP contribution in [0.4, 0.5) is 13.2 Å². The summed E-state index contributed by atoms with van der Waals surface area (Å²) in [5, 5.41) is 5.44. The van der Waals surface area contributed by atoms with E-state index in [4.69, 9.17) is 0 Å². The summed E-state index contributed by atoms with van der Waals surface area (Å²) in [4.78, 5) is 0. The monoisotopic (exact) mass is 359 g/mol. The van der Waals surface area contributed by atoms with Crippen molar-refractivity contribution in [3.8, 4) is 0 Å². The molecule has 0 saturated heterocycles. The minimum Gasteiger partial charge on any atom is -0.310 e. The van der Waals surface area contributed by atoms with Crippen LogP contribution in [0, 0.1) is 0 Å². The second-order valence-corrected chi connectivity index (χ2v) is 6.30. The lowest BCUT2D eigenvalue weighted by Crippen LogP contribution is -2.32. The Kier molecular flexibility index (Phi) is 6.81. The van der Waals surface area contributed by atoms with Gasteiger partial charge < -0.3 is 5.32 Å². The van der Waals surface area contributed by atoms with Crippen molar-refractivity contribution in [1.29, 1.82) is 0 Å². The fourth-order valence-corrected chi connectivity index (χ4v) is 2.96. The van der Waals surface area contributed by atoms with Gasteiger partial charge in [0.2, 0.25) is 0 Å². The molecule has 138 valence electrons. The fraction of sp³-hybridized carbons (Fsp3) is 0.273. The van der Waals surface area contributed by atoms with Gasteiger partial charge in [0.15, 0.2) is 0 Å². The SMILES string of the molecule is C=C/C=c1/c([C@@H](C)NCCCc2cccc(C(F)(F)F)c2)cccc1=C. The highest BCUT2D eigenvalue weighted by Gasteiger charge is 2.30. The molecule has 0 aliphatic heterocycles. The molecule has 0 fully saturated rings. The number of hydrogen-bond donors (Lipinski definition) is 1. The molecule has 0 amide bonds. The molecular formula is C22H24F3N. The summed E-state index contributed by atoms with van der Waals surface area (Å²) in [5.41, 5.74) is 1.25. The standard InChI is InChI=1S/C22H24F3N/c1-4-8-20-16(2)9-5-13-21(20)17(3)26-14-7-11-18-10-6-12-19(15-18)22(23,24)25/h4-6,8-10,12-13,15,17,26H,1-2,7,11,14H2,3H3/b20-8+/t17-/m1/s1. The summed E-state index contributed by atoms with van der Waals surface area (Å²) in [5.74, 6) is 0. The Bertz CT molecular complexity index is 852. The molecule has 0 aliphatic rings. The van der Waals surface area contributed by atoms with Gasteiger partial charge in [-0.15, -0.1) is 0 Å². The van der Waals surface area contributed by atoms with Crippen LogP contribution in [0.15, 0.2) is 55.1 Å². The molecule has 1 atom stereocenters. The number of rotatable bonds is 7. The molecule has 0 heterocycles. The van der Waals surface area contributed by atoms with Gasteiger partial charge in [0, 0.05) is 6.04 Å².